The van der Waals surface area contributed by atoms with Crippen molar-refractivity contribution >= 4 is 11.6 Å². The van der Waals surface area contributed by atoms with E-state index in [0.717, 1.165) is 0 Å². The molecule has 0 radical (unpaired) electrons. The largest absolute Gasteiger partial charge is 0.325 e. The van der Waals surface area contributed by atoms with Gasteiger partial charge in [-0.3, -0.25) is 4.79 Å². The lowest BCUT2D eigenvalue weighted by Gasteiger charge is -2.39. The third kappa shape index (κ3) is 2.53. The van der Waals surface area contributed by atoms with Crippen molar-refractivity contribution in [3.63, 3.8) is 0 Å². The quantitative estimate of drug-likeness (QED) is 0.898. The van der Waals surface area contributed by atoms with Crippen molar-refractivity contribution in [2.45, 2.75) is 33.2 Å². The Hall–Kier alpha value is -1.42. The average Bonchev–Trinajstić information content (AvgIpc) is 2.26. The second-order valence-electron chi connectivity index (χ2n) is 5.66. The van der Waals surface area contributed by atoms with E-state index >= 15 is 0 Å². The van der Waals surface area contributed by atoms with Gasteiger partial charge in [0, 0.05) is 12.6 Å². The van der Waals surface area contributed by atoms with Crippen LogP contribution in [-0.4, -0.2) is 18.5 Å². The summed E-state index contributed by atoms with van der Waals surface area (Å²) in [6, 6.07) is 6.20. The van der Waals surface area contributed by atoms with Crippen molar-refractivity contribution in [2.24, 2.45) is 11.1 Å². The maximum absolute atomic E-state index is 13.7. The van der Waals surface area contributed by atoms with Gasteiger partial charge in [-0.05, 0) is 39.8 Å². The molecular formula is C14H21FN2O. The number of amides is 1. The number of nitrogens with two attached hydrogens (primary N) is 1. The molecule has 0 aromatic heterocycles. The molecule has 1 amide bonds. The zero-order valence-electron chi connectivity index (χ0n) is 11.6. The molecule has 4 heteroatoms. The van der Waals surface area contributed by atoms with Crippen molar-refractivity contribution in [1.29, 1.82) is 0 Å². The second-order valence-corrected chi connectivity index (χ2v) is 5.66. The van der Waals surface area contributed by atoms with Crippen LogP contribution in [0, 0.1) is 11.2 Å². The van der Waals surface area contributed by atoms with E-state index in [1.807, 2.05) is 0 Å². The number of nitrogens with zero attached hydrogens (tertiary/aromatic N) is 1. The highest BCUT2D eigenvalue weighted by Crippen LogP contribution is 2.32. The predicted molar refractivity (Wildman–Crippen MR) is 71.9 cm³/mol. The first-order valence-corrected chi connectivity index (χ1v) is 5.90. The highest BCUT2D eigenvalue weighted by molar-refractivity contribution is 5.97. The molecule has 1 aromatic carbocycles. The number of hydrogen-bond acceptors (Lipinski definition) is 2. The van der Waals surface area contributed by atoms with Gasteiger partial charge >= 0.3 is 0 Å². The van der Waals surface area contributed by atoms with Crippen LogP contribution in [0.4, 0.5) is 10.1 Å². The van der Waals surface area contributed by atoms with E-state index in [-0.39, 0.29) is 11.6 Å². The van der Waals surface area contributed by atoms with Gasteiger partial charge in [0.25, 0.3) is 0 Å². The van der Waals surface area contributed by atoms with Crippen molar-refractivity contribution in [3.05, 3.63) is 30.1 Å². The van der Waals surface area contributed by atoms with E-state index in [0.29, 0.717) is 0 Å². The average molecular weight is 252 g/mol. The molecule has 0 atom stereocenters. The summed E-state index contributed by atoms with van der Waals surface area (Å²) in [5, 5.41) is 0. The first-order valence-electron chi connectivity index (χ1n) is 5.90. The minimum Gasteiger partial charge on any atom is -0.325 e. The highest BCUT2D eigenvalue weighted by Gasteiger charge is 2.42. The van der Waals surface area contributed by atoms with Crippen LogP contribution in [-0.2, 0) is 4.79 Å². The maximum Gasteiger partial charge on any atom is 0.234 e. The number of rotatable bonds is 3. The molecule has 3 nitrogen and oxygen atoms in total. The van der Waals surface area contributed by atoms with Gasteiger partial charge in [-0.2, -0.15) is 0 Å². The van der Waals surface area contributed by atoms with Crippen LogP contribution in [0.15, 0.2) is 24.3 Å². The first kappa shape index (κ1) is 14.6. The minimum absolute atomic E-state index is 0.208. The monoisotopic (exact) mass is 252 g/mol. The lowest BCUT2D eigenvalue weighted by atomic mass is 9.74. The number of benzene rings is 1. The molecule has 0 bridgehead atoms. The van der Waals surface area contributed by atoms with E-state index in [1.165, 1.54) is 11.0 Å². The summed E-state index contributed by atoms with van der Waals surface area (Å²) >= 11 is 0. The number of anilines is 1. The molecule has 0 spiro atoms. The number of hydrogen-bond donors (Lipinski definition) is 1. The fourth-order valence-corrected chi connectivity index (χ4v) is 1.53. The third-order valence-corrected chi connectivity index (χ3v) is 3.66. The van der Waals surface area contributed by atoms with Crippen molar-refractivity contribution in [3.8, 4) is 0 Å². The van der Waals surface area contributed by atoms with Crippen molar-refractivity contribution in [2.75, 3.05) is 11.9 Å². The Bertz CT molecular complexity index is 449. The summed E-state index contributed by atoms with van der Waals surface area (Å²) < 4.78 is 13.7. The van der Waals surface area contributed by atoms with E-state index in [2.05, 4.69) is 0 Å². The Morgan fingerprint density at radius 1 is 1.22 bits per heavy atom. The van der Waals surface area contributed by atoms with Gasteiger partial charge in [0.1, 0.15) is 5.82 Å². The lowest BCUT2D eigenvalue weighted by Crippen LogP contribution is -2.56. The van der Waals surface area contributed by atoms with E-state index in [1.54, 1.807) is 52.9 Å². The zero-order valence-corrected chi connectivity index (χ0v) is 11.6. The van der Waals surface area contributed by atoms with Gasteiger partial charge in [-0.25, -0.2) is 4.39 Å². The number of carbonyl (C=O) groups is 1. The van der Waals surface area contributed by atoms with Gasteiger partial charge in [-0.15, -0.1) is 0 Å². The van der Waals surface area contributed by atoms with Crippen LogP contribution in [0.3, 0.4) is 0 Å². The van der Waals surface area contributed by atoms with E-state index in [9.17, 15) is 9.18 Å². The molecule has 100 valence electrons. The molecule has 0 saturated carbocycles. The molecule has 0 aliphatic heterocycles. The lowest BCUT2D eigenvalue weighted by molar-refractivity contribution is -0.129. The smallest absolute Gasteiger partial charge is 0.234 e. The van der Waals surface area contributed by atoms with Crippen molar-refractivity contribution in [1.82, 2.24) is 0 Å². The molecule has 0 fully saturated rings. The fourth-order valence-electron chi connectivity index (χ4n) is 1.53. The van der Waals surface area contributed by atoms with Gasteiger partial charge in [0.2, 0.25) is 5.91 Å². The summed E-state index contributed by atoms with van der Waals surface area (Å²) in [5.74, 6) is -0.626. The molecule has 18 heavy (non-hydrogen) atoms. The Kier molecular flexibility index (Phi) is 3.81. The van der Waals surface area contributed by atoms with Crippen LogP contribution in [0.2, 0.25) is 0 Å². The molecule has 0 aliphatic carbocycles. The van der Waals surface area contributed by atoms with Gasteiger partial charge in [-0.1, -0.05) is 12.1 Å². The Balaban J connectivity index is 3.10. The SMILES string of the molecule is CN(C(=O)C(C)(C)C(C)(C)N)c1ccccc1F. The Morgan fingerprint density at radius 3 is 2.17 bits per heavy atom. The summed E-state index contributed by atoms with van der Waals surface area (Å²) in [4.78, 5) is 13.8. The number of para-hydroxylation sites is 1. The van der Waals surface area contributed by atoms with Crippen LogP contribution in [0.5, 0.6) is 0 Å². The summed E-state index contributed by atoms with van der Waals surface area (Å²) in [7, 11) is 1.56. The standard InChI is InChI=1S/C14H21FN2O/c1-13(2,14(3,4)16)12(18)17(5)11-9-7-6-8-10(11)15/h6-9H,16H2,1-5H3. The molecular weight excluding hydrogens is 231 g/mol. The predicted octanol–water partition coefficient (Wildman–Crippen LogP) is 2.55. The molecule has 1 rings (SSSR count). The second kappa shape index (κ2) is 4.69. The number of halogens is 1. The topological polar surface area (TPSA) is 46.3 Å². The Morgan fingerprint density at radius 2 is 1.72 bits per heavy atom. The molecule has 0 heterocycles. The summed E-state index contributed by atoms with van der Waals surface area (Å²) in [6.45, 7) is 7.12. The first-order chi connectivity index (χ1) is 8.09. The molecule has 1 aromatic rings. The van der Waals surface area contributed by atoms with Crippen molar-refractivity contribution < 1.29 is 9.18 Å². The van der Waals surface area contributed by atoms with Crippen LogP contribution < -0.4 is 10.6 Å². The summed E-state index contributed by atoms with van der Waals surface area (Å²) in [5.41, 5.74) is 4.81. The molecule has 2 N–H and O–H groups in total. The van der Waals surface area contributed by atoms with Crippen LogP contribution >= 0.6 is 0 Å². The van der Waals surface area contributed by atoms with Crippen LogP contribution in [0.1, 0.15) is 27.7 Å². The van der Waals surface area contributed by atoms with Gasteiger partial charge in [0.15, 0.2) is 0 Å². The van der Waals surface area contributed by atoms with E-state index in [4.69, 9.17) is 5.73 Å². The van der Waals surface area contributed by atoms with Crippen LogP contribution in [0.25, 0.3) is 0 Å². The summed E-state index contributed by atoms with van der Waals surface area (Å²) in [6.07, 6.45) is 0. The van der Waals surface area contributed by atoms with Gasteiger partial charge in [0.05, 0.1) is 11.1 Å². The Labute approximate surface area is 108 Å². The zero-order chi connectivity index (χ0) is 14.1. The third-order valence-electron chi connectivity index (χ3n) is 3.66. The normalized spacial score (nSPS) is 12.4. The molecule has 0 saturated heterocycles. The maximum atomic E-state index is 13.7. The minimum atomic E-state index is -0.788. The highest BCUT2D eigenvalue weighted by atomic mass is 19.1. The van der Waals surface area contributed by atoms with E-state index < -0.39 is 16.8 Å². The van der Waals surface area contributed by atoms with Gasteiger partial charge < -0.3 is 10.6 Å². The molecule has 0 aliphatic rings. The fraction of sp³-hybridized carbons (Fsp3) is 0.500. The molecule has 0 unspecified atom stereocenters. The number of carbonyl (C=O) groups excluding carboxylic acids is 1.